The number of amides is 1. The zero-order valence-corrected chi connectivity index (χ0v) is 10.5. The normalized spacial score (nSPS) is 19.8. The second-order valence-electron chi connectivity index (χ2n) is 4.60. The minimum absolute atomic E-state index is 0.0894. The molecule has 1 aliphatic rings. The van der Waals surface area contributed by atoms with E-state index in [1.165, 1.54) is 12.1 Å². The van der Waals surface area contributed by atoms with Crippen LogP contribution in [0.2, 0.25) is 0 Å². The number of carbonyl (C=O) groups excluding carboxylic acids is 1. The van der Waals surface area contributed by atoms with Gasteiger partial charge in [-0.05, 0) is 31.7 Å². The number of hydrogen-bond donors (Lipinski definition) is 1. The summed E-state index contributed by atoms with van der Waals surface area (Å²) in [6.45, 7) is 1.10. The van der Waals surface area contributed by atoms with Crippen LogP contribution in [-0.2, 0) is 6.18 Å². The Morgan fingerprint density at radius 2 is 2.16 bits per heavy atom. The number of halogens is 3. The topological polar surface area (TPSA) is 32.3 Å². The first-order valence-electron chi connectivity index (χ1n) is 6.05. The van der Waals surface area contributed by atoms with Crippen molar-refractivity contribution in [3.63, 3.8) is 0 Å². The molecule has 2 rings (SSSR count). The molecule has 0 bridgehead atoms. The van der Waals surface area contributed by atoms with Crippen molar-refractivity contribution in [2.24, 2.45) is 0 Å². The van der Waals surface area contributed by atoms with E-state index < -0.39 is 11.7 Å². The summed E-state index contributed by atoms with van der Waals surface area (Å²) in [4.78, 5) is 13.7. The second kappa shape index (κ2) is 5.21. The van der Waals surface area contributed by atoms with Crippen LogP contribution in [0.25, 0.3) is 0 Å². The van der Waals surface area contributed by atoms with Gasteiger partial charge >= 0.3 is 6.18 Å². The van der Waals surface area contributed by atoms with E-state index in [4.69, 9.17) is 0 Å². The number of likely N-dealkylation sites (tertiary alicyclic amines) is 1. The van der Waals surface area contributed by atoms with Crippen LogP contribution in [0.1, 0.15) is 22.3 Å². The average Bonchev–Trinajstić information content (AvgIpc) is 2.86. The van der Waals surface area contributed by atoms with E-state index in [0.717, 1.165) is 18.6 Å². The molecule has 1 atom stereocenters. The zero-order valence-electron chi connectivity index (χ0n) is 10.5. The van der Waals surface area contributed by atoms with Gasteiger partial charge in [0.25, 0.3) is 5.91 Å². The van der Waals surface area contributed by atoms with Crippen LogP contribution in [0, 0.1) is 0 Å². The van der Waals surface area contributed by atoms with E-state index in [2.05, 4.69) is 5.32 Å². The summed E-state index contributed by atoms with van der Waals surface area (Å²) in [6.07, 6.45) is -3.60. The predicted molar refractivity (Wildman–Crippen MR) is 64.8 cm³/mol. The summed E-state index contributed by atoms with van der Waals surface area (Å²) in [5.41, 5.74) is -0.700. The molecule has 1 aliphatic heterocycles. The van der Waals surface area contributed by atoms with Crippen molar-refractivity contribution in [1.29, 1.82) is 0 Å². The summed E-state index contributed by atoms with van der Waals surface area (Å²) >= 11 is 0. The van der Waals surface area contributed by atoms with Gasteiger partial charge in [0.1, 0.15) is 0 Å². The van der Waals surface area contributed by atoms with Crippen LogP contribution >= 0.6 is 0 Å². The molecule has 0 aromatic heterocycles. The third-order valence-corrected chi connectivity index (χ3v) is 3.32. The van der Waals surface area contributed by atoms with Crippen molar-refractivity contribution in [2.75, 3.05) is 20.1 Å². The van der Waals surface area contributed by atoms with Crippen molar-refractivity contribution in [1.82, 2.24) is 10.2 Å². The van der Waals surface area contributed by atoms with Gasteiger partial charge in [-0.25, -0.2) is 0 Å². The van der Waals surface area contributed by atoms with Gasteiger partial charge in [-0.2, -0.15) is 13.2 Å². The Labute approximate surface area is 109 Å². The Morgan fingerprint density at radius 3 is 2.74 bits per heavy atom. The molecule has 0 spiro atoms. The molecule has 0 radical (unpaired) electrons. The van der Waals surface area contributed by atoms with Gasteiger partial charge < -0.3 is 10.2 Å². The molecule has 1 fully saturated rings. The Bertz CT molecular complexity index is 473. The lowest BCUT2D eigenvalue weighted by molar-refractivity contribution is -0.137. The van der Waals surface area contributed by atoms with Crippen molar-refractivity contribution < 1.29 is 18.0 Å². The summed E-state index contributed by atoms with van der Waals surface area (Å²) < 4.78 is 37.8. The highest BCUT2D eigenvalue weighted by atomic mass is 19.4. The van der Waals surface area contributed by atoms with Crippen LogP contribution < -0.4 is 5.32 Å². The molecule has 1 aromatic carbocycles. The fourth-order valence-electron chi connectivity index (χ4n) is 2.19. The first-order valence-corrected chi connectivity index (χ1v) is 6.05. The number of rotatable bonds is 2. The van der Waals surface area contributed by atoms with E-state index in [-0.39, 0.29) is 17.5 Å². The number of carbonyl (C=O) groups is 1. The second-order valence-corrected chi connectivity index (χ2v) is 4.60. The van der Waals surface area contributed by atoms with E-state index in [1.807, 2.05) is 7.05 Å². The quantitative estimate of drug-likeness (QED) is 0.894. The molecule has 0 aliphatic carbocycles. The largest absolute Gasteiger partial charge is 0.416 e. The lowest BCUT2D eigenvalue weighted by Crippen LogP contribution is -2.33. The van der Waals surface area contributed by atoms with Gasteiger partial charge in [-0.1, -0.05) is 6.07 Å². The number of nitrogens with one attached hydrogen (secondary N) is 1. The average molecular weight is 272 g/mol. The zero-order chi connectivity index (χ0) is 14.0. The minimum atomic E-state index is -4.42. The van der Waals surface area contributed by atoms with Crippen LogP contribution in [-0.4, -0.2) is 37.0 Å². The lowest BCUT2D eigenvalue weighted by Gasteiger charge is -2.17. The van der Waals surface area contributed by atoms with Gasteiger partial charge in [-0.15, -0.1) is 0 Å². The number of benzene rings is 1. The Kier molecular flexibility index (Phi) is 3.80. The molecule has 1 unspecified atom stereocenters. The molecule has 1 aromatic rings. The lowest BCUT2D eigenvalue weighted by atomic mass is 10.1. The molecule has 1 saturated heterocycles. The number of nitrogens with zero attached hydrogens (tertiary/aromatic N) is 1. The van der Waals surface area contributed by atoms with E-state index in [9.17, 15) is 18.0 Å². The molecule has 104 valence electrons. The summed E-state index contributed by atoms with van der Waals surface area (Å²) in [5, 5.41) is 3.06. The molecule has 6 heteroatoms. The molecular formula is C13H15F3N2O. The van der Waals surface area contributed by atoms with Gasteiger partial charge in [0.05, 0.1) is 5.56 Å². The van der Waals surface area contributed by atoms with Gasteiger partial charge in [0.15, 0.2) is 0 Å². The van der Waals surface area contributed by atoms with E-state index in [1.54, 1.807) is 4.90 Å². The maximum absolute atomic E-state index is 12.6. The Hall–Kier alpha value is -1.56. The fraction of sp³-hybridized carbons (Fsp3) is 0.462. The van der Waals surface area contributed by atoms with Crippen molar-refractivity contribution in [2.45, 2.75) is 18.6 Å². The van der Waals surface area contributed by atoms with Gasteiger partial charge in [0.2, 0.25) is 0 Å². The summed E-state index contributed by atoms with van der Waals surface area (Å²) in [5.74, 6) is -0.344. The summed E-state index contributed by atoms with van der Waals surface area (Å²) in [6, 6.07) is 4.78. The van der Waals surface area contributed by atoms with Crippen LogP contribution in [0.4, 0.5) is 13.2 Å². The number of likely N-dealkylation sites (N-methyl/N-ethyl adjacent to an activating group) is 1. The van der Waals surface area contributed by atoms with E-state index >= 15 is 0 Å². The highest BCUT2D eigenvalue weighted by Gasteiger charge is 2.32. The molecule has 3 nitrogen and oxygen atoms in total. The molecule has 1 amide bonds. The fourth-order valence-corrected chi connectivity index (χ4v) is 2.19. The smallest absolute Gasteiger partial charge is 0.337 e. The first-order chi connectivity index (χ1) is 8.91. The standard InChI is InChI=1S/C13H15F3N2O/c1-17-11-5-6-18(8-11)12(19)9-3-2-4-10(7-9)13(14,15)16/h2-4,7,11,17H,5-6,8H2,1H3. The number of alkyl halides is 3. The Morgan fingerprint density at radius 1 is 1.42 bits per heavy atom. The molecule has 0 saturated carbocycles. The van der Waals surface area contributed by atoms with Crippen LogP contribution in [0.3, 0.4) is 0 Å². The molecular weight excluding hydrogens is 257 g/mol. The minimum Gasteiger partial charge on any atom is -0.337 e. The maximum atomic E-state index is 12.6. The maximum Gasteiger partial charge on any atom is 0.416 e. The van der Waals surface area contributed by atoms with Crippen molar-refractivity contribution in [3.8, 4) is 0 Å². The molecule has 1 N–H and O–H groups in total. The van der Waals surface area contributed by atoms with Gasteiger partial charge in [-0.3, -0.25) is 4.79 Å². The van der Waals surface area contributed by atoms with Crippen LogP contribution in [0.5, 0.6) is 0 Å². The highest BCUT2D eigenvalue weighted by Crippen LogP contribution is 2.30. The van der Waals surface area contributed by atoms with E-state index in [0.29, 0.717) is 13.1 Å². The predicted octanol–water partition coefficient (Wildman–Crippen LogP) is 2.14. The molecule has 1 heterocycles. The highest BCUT2D eigenvalue weighted by molar-refractivity contribution is 5.94. The third kappa shape index (κ3) is 3.07. The molecule has 19 heavy (non-hydrogen) atoms. The first kappa shape index (κ1) is 13.9. The van der Waals surface area contributed by atoms with Crippen molar-refractivity contribution >= 4 is 5.91 Å². The number of hydrogen-bond acceptors (Lipinski definition) is 2. The van der Waals surface area contributed by atoms with Gasteiger partial charge in [0, 0.05) is 24.7 Å². The van der Waals surface area contributed by atoms with Crippen LogP contribution in [0.15, 0.2) is 24.3 Å². The Balaban J connectivity index is 2.16. The van der Waals surface area contributed by atoms with Crippen molar-refractivity contribution in [3.05, 3.63) is 35.4 Å². The third-order valence-electron chi connectivity index (χ3n) is 3.32. The summed E-state index contributed by atoms with van der Waals surface area (Å²) in [7, 11) is 1.81. The monoisotopic (exact) mass is 272 g/mol. The SMILES string of the molecule is CNC1CCN(C(=O)c2cccc(C(F)(F)F)c2)C1.